The molecule has 2 heterocycles. The number of para-hydroxylation sites is 1. The van der Waals surface area contributed by atoms with Crippen LogP contribution in [-0.2, 0) is 11.8 Å². The summed E-state index contributed by atoms with van der Waals surface area (Å²) >= 11 is 0. The third-order valence-electron chi connectivity index (χ3n) is 4.75. The highest BCUT2D eigenvalue weighted by Gasteiger charge is 2.21. The Kier molecular flexibility index (Phi) is 4.85. The lowest BCUT2D eigenvalue weighted by atomic mass is 9.94. The van der Waals surface area contributed by atoms with Gasteiger partial charge in [-0.05, 0) is 50.9 Å². The predicted octanol–water partition coefficient (Wildman–Crippen LogP) is 1.81. The number of piperidine rings is 1. The number of carbonyl (C=O) groups is 1. The number of aromatic nitrogens is 2. The van der Waals surface area contributed by atoms with Gasteiger partial charge in [-0.3, -0.25) is 14.3 Å². The van der Waals surface area contributed by atoms with Crippen LogP contribution in [0.2, 0.25) is 0 Å². The van der Waals surface area contributed by atoms with Crippen molar-refractivity contribution < 1.29 is 4.79 Å². The van der Waals surface area contributed by atoms with Gasteiger partial charge in [0.1, 0.15) is 5.69 Å². The summed E-state index contributed by atoms with van der Waals surface area (Å²) in [5.41, 5.74) is 1.72. The number of carbonyl (C=O) groups excluding carboxylic acids is 1. The second-order valence-corrected chi connectivity index (χ2v) is 6.38. The summed E-state index contributed by atoms with van der Waals surface area (Å²) in [6, 6.07) is 9.44. The summed E-state index contributed by atoms with van der Waals surface area (Å²) in [7, 11) is 1.83. The first-order valence-electron chi connectivity index (χ1n) is 8.42. The maximum Gasteiger partial charge on any atom is 0.295 e. The van der Waals surface area contributed by atoms with Crippen molar-refractivity contribution in [1.82, 2.24) is 14.7 Å². The Labute approximate surface area is 141 Å². The van der Waals surface area contributed by atoms with Gasteiger partial charge in [0.05, 0.1) is 11.4 Å². The van der Waals surface area contributed by atoms with Crippen molar-refractivity contribution in [2.75, 3.05) is 18.4 Å². The van der Waals surface area contributed by atoms with Crippen molar-refractivity contribution >= 4 is 11.6 Å². The van der Waals surface area contributed by atoms with Crippen molar-refractivity contribution in [1.29, 1.82) is 0 Å². The first-order chi connectivity index (χ1) is 11.6. The number of hydrogen-bond donors (Lipinski definition) is 2. The Morgan fingerprint density at radius 1 is 1.25 bits per heavy atom. The van der Waals surface area contributed by atoms with Crippen molar-refractivity contribution in [3.63, 3.8) is 0 Å². The SMILES string of the molecule is Cc1c(NC(=O)CC2CCNCC2)c(=O)n(-c2ccccc2)n1C. The number of rotatable bonds is 4. The third-order valence-corrected chi connectivity index (χ3v) is 4.75. The summed E-state index contributed by atoms with van der Waals surface area (Å²) < 4.78 is 3.35. The van der Waals surface area contributed by atoms with Gasteiger partial charge in [-0.15, -0.1) is 0 Å². The minimum atomic E-state index is -0.195. The van der Waals surface area contributed by atoms with Gasteiger partial charge in [0.2, 0.25) is 5.91 Å². The smallest absolute Gasteiger partial charge is 0.295 e. The molecule has 1 aliphatic heterocycles. The molecule has 0 spiro atoms. The largest absolute Gasteiger partial charge is 0.320 e. The minimum absolute atomic E-state index is 0.0760. The van der Waals surface area contributed by atoms with Gasteiger partial charge in [-0.25, -0.2) is 4.68 Å². The highest BCUT2D eigenvalue weighted by molar-refractivity contribution is 5.91. The maximum absolute atomic E-state index is 12.8. The van der Waals surface area contributed by atoms with E-state index in [1.165, 1.54) is 0 Å². The lowest BCUT2D eigenvalue weighted by Crippen LogP contribution is -2.30. The van der Waals surface area contributed by atoms with Crippen molar-refractivity contribution in [2.24, 2.45) is 13.0 Å². The average molecular weight is 328 g/mol. The average Bonchev–Trinajstić information content (AvgIpc) is 2.80. The van der Waals surface area contributed by atoms with E-state index in [2.05, 4.69) is 10.6 Å². The zero-order chi connectivity index (χ0) is 17.1. The first kappa shape index (κ1) is 16.5. The molecular weight excluding hydrogens is 304 g/mol. The van der Waals surface area contributed by atoms with Gasteiger partial charge in [0.15, 0.2) is 0 Å². The molecule has 0 bridgehead atoms. The van der Waals surface area contributed by atoms with Crippen molar-refractivity contribution in [2.45, 2.75) is 26.2 Å². The van der Waals surface area contributed by atoms with Crippen molar-refractivity contribution in [3.05, 3.63) is 46.4 Å². The fraction of sp³-hybridized carbons (Fsp3) is 0.444. The van der Waals surface area contributed by atoms with Gasteiger partial charge >= 0.3 is 0 Å². The molecule has 128 valence electrons. The standard InChI is InChI=1S/C18H24N4O2/c1-13-17(20-16(23)12-14-8-10-19-11-9-14)18(24)22(21(13)2)15-6-4-3-5-7-15/h3-7,14,19H,8-12H2,1-2H3,(H,20,23). The molecular formula is C18H24N4O2. The number of nitrogens with zero attached hydrogens (tertiary/aromatic N) is 2. The molecule has 1 aromatic carbocycles. The van der Waals surface area contributed by atoms with Crippen LogP contribution in [0.1, 0.15) is 25.0 Å². The fourth-order valence-corrected chi connectivity index (χ4v) is 3.25. The molecule has 1 amide bonds. The number of hydrogen-bond acceptors (Lipinski definition) is 3. The van der Waals surface area contributed by atoms with Gasteiger partial charge in [-0.2, -0.15) is 0 Å². The molecule has 0 aliphatic carbocycles. The molecule has 24 heavy (non-hydrogen) atoms. The van der Waals surface area contributed by atoms with E-state index in [9.17, 15) is 9.59 Å². The molecule has 0 saturated carbocycles. The van der Waals surface area contributed by atoms with Crippen LogP contribution in [0.15, 0.2) is 35.1 Å². The van der Waals surface area contributed by atoms with E-state index in [0.29, 0.717) is 18.0 Å². The fourth-order valence-electron chi connectivity index (χ4n) is 3.25. The normalized spacial score (nSPS) is 15.4. The van der Waals surface area contributed by atoms with E-state index < -0.39 is 0 Å². The lowest BCUT2D eigenvalue weighted by molar-refractivity contribution is -0.117. The molecule has 1 fully saturated rings. The van der Waals surface area contributed by atoms with Crippen LogP contribution in [0, 0.1) is 12.8 Å². The van der Waals surface area contributed by atoms with E-state index in [-0.39, 0.29) is 11.5 Å². The molecule has 0 unspecified atom stereocenters. The van der Waals surface area contributed by atoms with E-state index in [1.807, 2.05) is 44.3 Å². The molecule has 3 rings (SSSR count). The number of anilines is 1. The topological polar surface area (TPSA) is 68.1 Å². The third kappa shape index (κ3) is 3.28. The molecule has 2 aromatic rings. The van der Waals surface area contributed by atoms with Crippen LogP contribution >= 0.6 is 0 Å². The minimum Gasteiger partial charge on any atom is -0.320 e. The number of amides is 1. The molecule has 6 nitrogen and oxygen atoms in total. The zero-order valence-corrected chi connectivity index (χ0v) is 14.2. The Hall–Kier alpha value is -2.34. The van der Waals surface area contributed by atoms with E-state index >= 15 is 0 Å². The molecule has 1 aromatic heterocycles. The summed E-state index contributed by atoms with van der Waals surface area (Å²) in [5, 5.41) is 6.14. The van der Waals surface area contributed by atoms with E-state index in [1.54, 1.807) is 9.36 Å². The molecule has 6 heteroatoms. The zero-order valence-electron chi connectivity index (χ0n) is 14.2. The second-order valence-electron chi connectivity index (χ2n) is 6.38. The highest BCUT2D eigenvalue weighted by Crippen LogP contribution is 2.18. The molecule has 1 saturated heterocycles. The van der Waals surface area contributed by atoms with Crippen molar-refractivity contribution in [3.8, 4) is 5.69 Å². The van der Waals surface area contributed by atoms with Gasteiger partial charge in [0, 0.05) is 13.5 Å². The van der Waals surface area contributed by atoms with Crippen LogP contribution in [0.5, 0.6) is 0 Å². The van der Waals surface area contributed by atoms with Gasteiger partial charge < -0.3 is 10.6 Å². The summed E-state index contributed by atoms with van der Waals surface area (Å²) in [6.07, 6.45) is 2.49. The first-order valence-corrected chi connectivity index (χ1v) is 8.42. The Bertz CT molecular complexity index is 770. The predicted molar refractivity (Wildman–Crippen MR) is 94.6 cm³/mol. The van der Waals surface area contributed by atoms with Gasteiger partial charge in [-0.1, -0.05) is 18.2 Å². The maximum atomic E-state index is 12.8. The highest BCUT2D eigenvalue weighted by atomic mass is 16.2. The number of nitrogens with one attached hydrogen (secondary N) is 2. The molecule has 1 aliphatic rings. The van der Waals surface area contributed by atoms with Crippen LogP contribution < -0.4 is 16.2 Å². The summed E-state index contributed by atoms with van der Waals surface area (Å²) in [5.74, 6) is 0.319. The van der Waals surface area contributed by atoms with Crippen LogP contribution in [-0.4, -0.2) is 28.4 Å². The molecule has 0 radical (unpaired) electrons. The summed E-state index contributed by atoms with van der Waals surface area (Å²) in [4.78, 5) is 25.1. The monoisotopic (exact) mass is 328 g/mol. The quantitative estimate of drug-likeness (QED) is 0.899. The Morgan fingerprint density at radius 3 is 2.58 bits per heavy atom. The van der Waals surface area contributed by atoms with Gasteiger partial charge in [0.25, 0.3) is 5.56 Å². The van der Waals surface area contributed by atoms with Crippen LogP contribution in [0.4, 0.5) is 5.69 Å². The van der Waals surface area contributed by atoms with E-state index in [0.717, 1.165) is 37.3 Å². The van der Waals surface area contributed by atoms with Crippen LogP contribution in [0.25, 0.3) is 5.69 Å². The second kappa shape index (κ2) is 7.05. The van der Waals surface area contributed by atoms with Crippen LogP contribution in [0.3, 0.4) is 0 Å². The lowest BCUT2D eigenvalue weighted by Gasteiger charge is -2.21. The molecule has 0 atom stereocenters. The number of benzene rings is 1. The van der Waals surface area contributed by atoms with E-state index in [4.69, 9.17) is 0 Å². The summed E-state index contributed by atoms with van der Waals surface area (Å²) in [6.45, 7) is 3.77. The Morgan fingerprint density at radius 2 is 1.92 bits per heavy atom. The Balaban J connectivity index is 1.81. The molecule has 2 N–H and O–H groups in total.